The molecule has 2 rings (SSSR count). The molecule has 0 aromatic heterocycles. The summed E-state index contributed by atoms with van der Waals surface area (Å²) in [7, 11) is 1.69. The van der Waals surface area contributed by atoms with Crippen LogP contribution in [0.25, 0.3) is 0 Å². The number of carbonyl (C=O) groups is 1. The molecule has 24 heavy (non-hydrogen) atoms. The van der Waals surface area contributed by atoms with Gasteiger partial charge in [0.2, 0.25) is 0 Å². The van der Waals surface area contributed by atoms with Crippen molar-refractivity contribution in [1.29, 1.82) is 0 Å². The third-order valence-electron chi connectivity index (χ3n) is 4.69. The second kappa shape index (κ2) is 7.99. The molecule has 1 atom stereocenters. The van der Waals surface area contributed by atoms with Crippen molar-refractivity contribution in [3.63, 3.8) is 0 Å². The standard InChI is InChI=1S/C19H30N2O3/c1-14(13-19(2,3)24-4)20-18(23)15-5-7-16(8-6-15)21-11-9-17(22)10-12-21/h5-8,14,17,22H,9-13H2,1-4H3,(H,20,23). The molecule has 5 nitrogen and oxygen atoms in total. The fraction of sp³-hybridized carbons (Fsp3) is 0.632. The maximum atomic E-state index is 12.4. The lowest BCUT2D eigenvalue weighted by Gasteiger charge is -2.31. The largest absolute Gasteiger partial charge is 0.393 e. The quantitative estimate of drug-likeness (QED) is 0.839. The number of piperidine rings is 1. The van der Waals surface area contributed by atoms with E-state index in [1.54, 1.807) is 7.11 Å². The van der Waals surface area contributed by atoms with E-state index in [0.717, 1.165) is 38.0 Å². The molecule has 0 saturated carbocycles. The van der Waals surface area contributed by atoms with E-state index in [1.807, 2.05) is 45.0 Å². The Morgan fingerprint density at radius 2 is 1.92 bits per heavy atom. The van der Waals surface area contributed by atoms with Crippen molar-refractivity contribution in [2.24, 2.45) is 0 Å². The van der Waals surface area contributed by atoms with Crippen molar-refractivity contribution in [3.8, 4) is 0 Å². The maximum Gasteiger partial charge on any atom is 0.251 e. The predicted octanol–water partition coefficient (Wildman–Crippen LogP) is 2.58. The van der Waals surface area contributed by atoms with Gasteiger partial charge in [0.1, 0.15) is 0 Å². The molecule has 1 amide bonds. The van der Waals surface area contributed by atoms with Crippen LogP contribution in [0, 0.1) is 0 Å². The van der Waals surface area contributed by atoms with E-state index in [2.05, 4.69) is 10.2 Å². The number of aliphatic hydroxyl groups excluding tert-OH is 1. The summed E-state index contributed by atoms with van der Waals surface area (Å²) < 4.78 is 5.41. The summed E-state index contributed by atoms with van der Waals surface area (Å²) in [5, 5.41) is 12.6. The lowest BCUT2D eigenvalue weighted by molar-refractivity contribution is 0.00885. The van der Waals surface area contributed by atoms with Crippen LogP contribution in [0.4, 0.5) is 5.69 Å². The molecular weight excluding hydrogens is 304 g/mol. The van der Waals surface area contributed by atoms with Gasteiger partial charge in [-0.3, -0.25) is 4.79 Å². The van der Waals surface area contributed by atoms with E-state index < -0.39 is 0 Å². The Bertz CT molecular complexity index is 534. The second-order valence-electron chi connectivity index (χ2n) is 7.31. The highest BCUT2D eigenvalue weighted by atomic mass is 16.5. The molecule has 1 fully saturated rings. The van der Waals surface area contributed by atoms with Crippen LogP contribution in [-0.2, 0) is 4.74 Å². The van der Waals surface area contributed by atoms with E-state index in [-0.39, 0.29) is 23.7 Å². The van der Waals surface area contributed by atoms with Gasteiger partial charge >= 0.3 is 0 Å². The van der Waals surface area contributed by atoms with Crippen molar-refractivity contribution in [2.45, 2.75) is 57.8 Å². The number of hydrogen-bond acceptors (Lipinski definition) is 4. The molecule has 1 saturated heterocycles. The van der Waals surface area contributed by atoms with E-state index >= 15 is 0 Å². The summed E-state index contributed by atoms with van der Waals surface area (Å²) in [6.07, 6.45) is 2.18. The molecule has 134 valence electrons. The molecule has 1 aromatic rings. The second-order valence-corrected chi connectivity index (χ2v) is 7.31. The van der Waals surface area contributed by atoms with Crippen LogP contribution in [0.2, 0.25) is 0 Å². The molecule has 0 bridgehead atoms. The molecular formula is C19H30N2O3. The Morgan fingerprint density at radius 3 is 2.46 bits per heavy atom. The van der Waals surface area contributed by atoms with Crippen LogP contribution >= 0.6 is 0 Å². The van der Waals surface area contributed by atoms with Crippen molar-refractivity contribution in [3.05, 3.63) is 29.8 Å². The summed E-state index contributed by atoms with van der Waals surface area (Å²) in [4.78, 5) is 14.6. The molecule has 0 aliphatic carbocycles. The number of ether oxygens (including phenoxy) is 1. The zero-order chi connectivity index (χ0) is 17.7. The van der Waals surface area contributed by atoms with Gasteiger partial charge in [0.05, 0.1) is 11.7 Å². The topological polar surface area (TPSA) is 61.8 Å². The van der Waals surface area contributed by atoms with Gasteiger partial charge in [-0.2, -0.15) is 0 Å². The van der Waals surface area contributed by atoms with Crippen molar-refractivity contribution >= 4 is 11.6 Å². The first-order valence-corrected chi connectivity index (χ1v) is 8.70. The van der Waals surface area contributed by atoms with Gasteiger partial charge in [-0.05, 0) is 64.3 Å². The molecule has 2 N–H and O–H groups in total. The highest BCUT2D eigenvalue weighted by molar-refractivity contribution is 5.94. The minimum absolute atomic E-state index is 0.0377. The first kappa shape index (κ1) is 18.7. The number of aliphatic hydroxyl groups is 1. The fourth-order valence-corrected chi connectivity index (χ4v) is 3.13. The van der Waals surface area contributed by atoms with Crippen LogP contribution in [0.5, 0.6) is 0 Å². The molecule has 1 aliphatic heterocycles. The molecule has 0 radical (unpaired) electrons. The van der Waals surface area contributed by atoms with Gasteiger partial charge in [-0.15, -0.1) is 0 Å². The van der Waals surface area contributed by atoms with Crippen molar-refractivity contribution in [2.75, 3.05) is 25.1 Å². The zero-order valence-electron chi connectivity index (χ0n) is 15.2. The first-order valence-electron chi connectivity index (χ1n) is 8.70. The van der Waals surface area contributed by atoms with Crippen LogP contribution in [0.15, 0.2) is 24.3 Å². The average molecular weight is 334 g/mol. The van der Waals surface area contributed by atoms with Gasteiger partial charge < -0.3 is 20.1 Å². The van der Waals surface area contributed by atoms with Crippen LogP contribution in [-0.4, -0.2) is 49.0 Å². The smallest absolute Gasteiger partial charge is 0.251 e. The van der Waals surface area contributed by atoms with E-state index in [4.69, 9.17) is 4.74 Å². The van der Waals surface area contributed by atoms with Gasteiger partial charge in [0.15, 0.2) is 0 Å². The van der Waals surface area contributed by atoms with Gasteiger partial charge in [0.25, 0.3) is 5.91 Å². The molecule has 1 aromatic carbocycles. The van der Waals surface area contributed by atoms with Crippen LogP contribution in [0.3, 0.4) is 0 Å². The summed E-state index contributed by atoms with van der Waals surface area (Å²) in [6, 6.07) is 7.73. The Hall–Kier alpha value is -1.59. The van der Waals surface area contributed by atoms with Gasteiger partial charge in [0, 0.05) is 37.5 Å². The Labute approximate surface area is 145 Å². The lowest BCUT2D eigenvalue weighted by atomic mass is 9.99. The molecule has 1 heterocycles. The lowest BCUT2D eigenvalue weighted by Crippen LogP contribution is -2.39. The third-order valence-corrected chi connectivity index (χ3v) is 4.69. The zero-order valence-corrected chi connectivity index (χ0v) is 15.2. The summed E-state index contributed by atoms with van der Waals surface area (Å²) >= 11 is 0. The minimum atomic E-state index is -0.255. The fourth-order valence-electron chi connectivity index (χ4n) is 3.13. The molecule has 5 heteroatoms. The Morgan fingerprint density at radius 1 is 1.33 bits per heavy atom. The molecule has 1 aliphatic rings. The SMILES string of the molecule is COC(C)(C)CC(C)NC(=O)c1ccc(N2CCC(O)CC2)cc1. The maximum absolute atomic E-state index is 12.4. The van der Waals surface area contributed by atoms with Gasteiger partial charge in [-0.25, -0.2) is 0 Å². The number of methoxy groups -OCH3 is 1. The minimum Gasteiger partial charge on any atom is -0.393 e. The third kappa shape index (κ3) is 5.21. The predicted molar refractivity (Wildman–Crippen MR) is 96.5 cm³/mol. The average Bonchev–Trinajstić information content (AvgIpc) is 2.55. The first-order chi connectivity index (χ1) is 11.3. The number of anilines is 1. The van der Waals surface area contributed by atoms with Crippen molar-refractivity contribution in [1.82, 2.24) is 5.32 Å². The van der Waals surface area contributed by atoms with Crippen molar-refractivity contribution < 1.29 is 14.6 Å². The van der Waals surface area contributed by atoms with Crippen LogP contribution in [0.1, 0.15) is 50.4 Å². The van der Waals surface area contributed by atoms with Gasteiger partial charge in [-0.1, -0.05) is 0 Å². The Kier molecular flexibility index (Phi) is 6.24. The van der Waals surface area contributed by atoms with E-state index in [0.29, 0.717) is 5.56 Å². The number of benzene rings is 1. The van der Waals surface area contributed by atoms with E-state index in [1.165, 1.54) is 0 Å². The number of nitrogens with one attached hydrogen (secondary N) is 1. The number of hydrogen-bond donors (Lipinski definition) is 2. The monoisotopic (exact) mass is 334 g/mol. The summed E-state index contributed by atoms with van der Waals surface area (Å²) in [6.45, 7) is 7.73. The molecule has 0 spiro atoms. The normalized spacial score (nSPS) is 17.6. The highest BCUT2D eigenvalue weighted by Gasteiger charge is 2.22. The summed E-state index contributed by atoms with van der Waals surface area (Å²) in [5.41, 5.74) is 1.51. The molecule has 1 unspecified atom stereocenters. The number of rotatable bonds is 6. The highest BCUT2D eigenvalue weighted by Crippen LogP contribution is 2.21. The number of nitrogens with zero attached hydrogens (tertiary/aromatic N) is 1. The Balaban J connectivity index is 1.91. The van der Waals surface area contributed by atoms with E-state index in [9.17, 15) is 9.90 Å². The number of amides is 1. The number of carbonyl (C=O) groups excluding carboxylic acids is 1. The summed E-state index contributed by atoms with van der Waals surface area (Å²) in [5.74, 6) is -0.0602. The van der Waals surface area contributed by atoms with Crippen LogP contribution < -0.4 is 10.2 Å².